The van der Waals surface area contributed by atoms with Gasteiger partial charge in [0, 0.05) is 23.5 Å². The van der Waals surface area contributed by atoms with Crippen LogP contribution in [0.15, 0.2) is 54.6 Å². The van der Waals surface area contributed by atoms with Crippen molar-refractivity contribution in [1.82, 2.24) is 0 Å². The molecule has 0 saturated heterocycles. The van der Waals surface area contributed by atoms with Crippen LogP contribution < -0.4 is 4.74 Å². The Balaban J connectivity index is 1.98. The van der Waals surface area contributed by atoms with E-state index >= 15 is 0 Å². The third-order valence-electron chi connectivity index (χ3n) is 4.07. The molecule has 0 bridgehead atoms. The zero-order chi connectivity index (χ0) is 13.5. The minimum Gasteiger partial charge on any atom is -0.492 e. The predicted octanol–water partition coefficient (Wildman–Crippen LogP) is 3.58. The van der Waals surface area contributed by atoms with Crippen LogP contribution in [0.5, 0.6) is 5.75 Å². The second-order valence-corrected chi connectivity index (χ2v) is 5.29. The van der Waals surface area contributed by atoms with Crippen molar-refractivity contribution < 1.29 is 9.53 Å². The van der Waals surface area contributed by atoms with E-state index in [1.54, 1.807) is 0 Å². The van der Waals surface area contributed by atoms with Crippen molar-refractivity contribution in [3.8, 4) is 5.75 Å². The van der Waals surface area contributed by atoms with Crippen molar-refractivity contribution >= 4 is 16.9 Å². The maximum atomic E-state index is 12.4. The predicted molar refractivity (Wildman–Crippen MR) is 78.3 cm³/mol. The summed E-state index contributed by atoms with van der Waals surface area (Å²) in [6.07, 6.45) is 0.563. The van der Waals surface area contributed by atoms with Gasteiger partial charge in [0.25, 0.3) is 0 Å². The quantitative estimate of drug-likeness (QED) is 0.785. The molecule has 2 aromatic carbocycles. The second kappa shape index (κ2) is 4.34. The zero-order valence-electron chi connectivity index (χ0n) is 11.0. The smallest absolute Gasteiger partial charge is 0.164 e. The van der Waals surface area contributed by atoms with Crippen LogP contribution in [0.3, 0.4) is 0 Å². The van der Waals surface area contributed by atoms with Crippen molar-refractivity contribution in [2.45, 2.75) is 6.42 Å². The Morgan fingerprint density at radius 2 is 1.70 bits per heavy atom. The Hall–Kier alpha value is -2.35. The Morgan fingerprint density at radius 3 is 2.55 bits per heavy atom. The Bertz CT molecular complexity index is 713. The number of hydrogen-bond donors (Lipinski definition) is 0. The topological polar surface area (TPSA) is 26.3 Å². The molecule has 4 rings (SSSR count). The summed E-state index contributed by atoms with van der Waals surface area (Å²) in [6.45, 7) is 0.606. The van der Waals surface area contributed by atoms with Gasteiger partial charge in [0.2, 0.25) is 0 Å². The number of ether oxygens (including phenoxy) is 1. The number of ketones is 1. The first kappa shape index (κ1) is 11.5. The summed E-state index contributed by atoms with van der Waals surface area (Å²) in [5.74, 6) is 1.32. The first-order valence-corrected chi connectivity index (χ1v) is 6.89. The molecule has 1 atom stereocenters. The van der Waals surface area contributed by atoms with E-state index in [1.807, 2.05) is 48.5 Å². The van der Waals surface area contributed by atoms with Crippen LogP contribution in [-0.2, 0) is 4.79 Å². The number of fused-ring (bicyclic) bond motifs is 3. The minimum atomic E-state index is 0.201. The van der Waals surface area contributed by atoms with Crippen LogP contribution in [0.4, 0.5) is 0 Å². The van der Waals surface area contributed by atoms with Gasteiger partial charge in [-0.05, 0) is 17.2 Å². The molecule has 1 aliphatic carbocycles. The number of allylic oxidation sites excluding steroid dienone is 1. The van der Waals surface area contributed by atoms with Gasteiger partial charge in [-0.2, -0.15) is 0 Å². The van der Waals surface area contributed by atoms with E-state index in [1.165, 1.54) is 5.57 Å². The van der Waals surface area contributed by atoms with E-state index in [4.69, 9.17) is 4.74 Å². The minimum absolute atomic E-state index is 0.201. The molecule has 0 N–H and O–H groups in total. The highest BCUT2D eigenvalue weighted by Gasteiger charge is 2.37. The van der Waals surface area contributed by atoms with Gasteiger partial charge >= 0.3 is 0 Å². The third-order valence-corrected chi connectivity index (χ3v) is 4.07. The SMILES string of the molecule is O=C1CC2COc3ccccc3C2=C1c1ccccc1. The molecule has 2 nitrogen and oxygen atoms in total. The van der Waals surface area contributed by atoms with Crippen molar-refractivity contribution in [3.63, 3.8) is 0 Å². The number of benzene rings is 2. The Morgan fingerprint density at radius 1 is 0.950 bits per heavy atom. The molecule has 0 saturated carbocycles. The number of carbonyl (C=O) groups is 1. The average Bonchev–Trinajstić information content (AvgIpc) is 2.84. The molecule has 20 heavy (non-hydrogen) atoms. The molecule has 0 spiro atoms. The second-order valence-electron chi connectivity index (χ2n) is 5.29. The fourth-order valence-electron chi connectivity index (χ4n) is 3.21. The van der Waals surface area contributed by atoms with Gasteiger partial charge in [0.15, 0.2) is 5.78 Å². The molecule has 1 unspecified atom stereocenters. The van der Waals surface area contributed by atoms with E-state index in [9.17, 15) is 4.79 Å². The zero-order valence-corrected chi connectivity index (χ0v) is 11.0. The van der Waals surface area contributed by atoms with Crippen LogP contribution in [0.1, 0.15) is 17.5 Å². The van der Waals surface area contributed by atoms with Crippen molar-refractivity contribution in [3.05, 3.63) is 65.7 Å². The molecular formula is C18H14O2. The van der Waals surface area contributed by atoms with Crippen molar-refractivity contribution in [1.29, 1.82) is 0 Å². The molecule has 2 aliphatic rings. The van der Waals surface area contributed by atoms with Gasteiger partial charge in [0.1, 0.15) is 5.75 Å². The summed E-state index contributed by atoms with van der Waals surface area (Å²) in [6, 6.07) is 18.0. The van der Waals surface area contributed by atoms with Gasteiger partial charge in [0.05, 0.1) is 6.61 Å². The summed E-state index contributed by atoms with van der Waals surface area (Å²) < 4.78 is 5.78. The Kier molecular flexibility index (Phi) is 2.49. The lowest BCUT2D eigenvalue weighted by molar-refractivity contribution is -0.113. The number of Topliss-reactive ketones (excluding diaryl/α,β-unsaturated/α-hetero) is 1. The maximum absolute atomic E-state index is 12.4. The summed E-state index contributed by atoms with van der Waals surface area (Å²) in [4.78, 5) is 12.4. The Labute approximate surface area is 117 Å². The number of para-hydroxylation sites is 1. The molecule has 0 amide bonds. The van der Waals surface area contributed by atoms with Crippen molar-refractivity contribution in [2.75, 3.05) is 6.61 Å². The monoisotopic (exact) mass is 262 g/mol. The highest BCUT2D eigenvalue weighted by atomic mass is 16.5. The lowest BCUT2D eigenvalue weighted by Crippen LogP contribution is -2.17. The van der Waals surface area contributed by atoms with E-state index in [-0.39, 0.29) is 11.7 Å². The molecule has 2 heteroatoms. The van der Waals surface area contributed by atoms with Crippen LogP contribution in [0.25, 0.3) is 11.1 Å². The van der Waals surface area contributed by atoms with Crippen LogP contribution in [0, 0.1) is 5.92 Å². The van der Waals surface area contributed by atoms with Crippen LogP contribution in [-0.4, -0.2) is 12.4 Å². The summed E-state index contributed by atoms with van der Waals surface area (Å²) in [7, 11) is 0. The molecule has 98 valence electrons. The van der Waals surface area contributed by atoms with Crippen molar-refractivity contribution in [2.24, 2.45) is 5.92 Å². The summed E-state index contributed by atoms with van der Waals surface area (Å²) in [5.41, 5.74) is 4.15. The van der Waals surface area contributed by atoms with Crippen LogP contribution in [0.2, 0.25) is 0 Å². The third kappa shape index (κ3) is 1.61. The number of rotatable bonds is 1. The van der Waals surface area contributed by atoms with Gasteiger partial charge < -0.3 is 4.74 Å². The largest absolute Gasteiger partial charge is 0.492 e. The fourth-order valence-corrected chi connectivity index (χ4v) is 3.21. The lowest BCUT2D eigenvalue weighted by atomic mass is 9.89. The summed E-state index contributed by atoms with van der Waals surface area (Å²) in [5, 5.41) is 0. The highest BCUT2D eigenvalue weighted by Crippen LogP contribution is 2.47. The first-order chi connectivity index (χ1) is 9.84. The fraction of sp³-hybridized carbons (Fsp3) is 0.167. The molecule has 0 radical (unpaired) electrons. The van der Waals surface area contributed by atoms with Gasteiger partial charge in [-0.25, -0.2) is 0 Å². The molecule has 1 heterocycles. The molecule has 1 aliphatic heterocycles. The molecule has 2 aromatic rings. The lowest BCUT2D eigenvalue weighted by Gasteiger charge is -2.25. The standard InChI is InChI=1S/C18H14O2/c19-15-10-13-11-20-16-9-5-4-8-14(16)17(13)18(15)12-6-2-1-3-7-12/h1-9,13H,10-11H2. The van der Waals surface area contributed by atoms with E-state index in [0.29, 0.717) is 13.0 Å². The maximum Gasteiger partial charge on any atom is 0.164 e. The van der Waals surface area contributed by atoms with Crippen LogP contribution >= 0.6 is 0 Å². The van der Waals surface area contributed by atoms with Gasteiger partial charge in [-0.1, -0.05) is 48.5 Å². The van der Waals surface area contributed by atoms with Gasteiger partial charge in [-0.15, -0.1) is 0 Å². The normalized spacial score (nSPS) is 20.4. The van der Waals surface area contributed by atoms with E-state index in [0.717, 1.165) is 22.4 Å². The molecular weight excluding hydrogens is 248 g/mol. The first-order valence-electron chi connectivity index (χ1n) is 6.89. The number of hydrogen-bond acceptors (Lipinski definition) is 2. The van der Waals surface area contributed by atoms with E-state index in [2.05, 4.69) is 6.07 Å². The average molecular weight is 262 g/mol. The summed E-state index contributed by atoms with van der Waals surface area (Å²) >= 11 is 0. The molecule has 0 fully saturated rings. The highest BCUT2D eigenvalue weighted by molar-refractivity contribution is 6.31. The molecule has 0 aromatic heterocycles. The van der Waals surface area contributed by atoms with E-state index < -0.39 is 0 Å². The number of carbonyl (C=O) groups excluding carboxylic acids is 1. The van der Waals surface area contributed by atoms with Gasteiger partial charge in [-0.3, -0.25) is 4.79 Å².